The van der Waals surface area contributed by atoms with Gasteiger partial charge < -0.3 is 20.1 Å². The van der Waals surface area contributed by atoms with Gasteiger partial charge in [-0.1, -0.05) is 13.0 Å². The summed E-state index contributed by atoms with van der Waals surface area (Å²) >= 11 is 0. The number of aliphatic imine (C=N–C) groups is 1. The highest BCUT2D eigenvalue weighted by Gasteiger charge is 2.27. The van der Waals surface area contributed by atoms with Gasteiger partial charge in [-0.15, -0.1) is 24.0 Å². The number of piperidine rings is 1. The lowest BCUT2D eigenvalue weighted by molar-refractivity contribution is 0.222. The van der Waals surface area contributed by atoms with Crippen molar-refractivity contribution in [1.82, 2.24) is 14.9 Å². The first kappa shape index (κ1) is 26.8. The maximum absolute atomic E-state index is 12.2. The minimum absolute atomic E-state index is 0. The highest BCUT2D eigenvalue weighted by Crippen LogP contribution is 2.20. The van der Waals surface area contributed by atoms with Gasteiger partial charge in [0.2, 0.25) is 10.0 Å². The minimum atomic E-state index is -3.11. The predicted octanol–water partition coefficient (Wildman–Crippen LogP) is 2.45. The third-order valence-electron chi connectivity index (χ3n) is 4.81. The van der Waals surface area contributed by atoms with Crippen LogP contribution in [0, 0.1) is 0 Å². The van der Waals surface area contributed by atoms with E-state index < -0.39 is 10.0 Å². The van der Waals surface area contributed by atoms with Gasteiger partial charge in [0, 0.05) is 32.2 Å². The van der Waals surface area contributed by atoms with Gasteiger partial charge in [0.25, 0.3) is 0 Å². The zero-order chi connectivity index (χ0) is 21.3. The largest absolute Gasteiger partial charge is 0.497 e. The second kappa shape index (κ2) is 13.2. The van der Waals surface area contributed by atoms with Crippen LogP contribution < -0.4 is 20.1 Å². The van der Waals surface area contributed by atoms with Crippen molar-refractivity contribution in [2.24, 2.45) is 4.99 Å². The van der Waals surface area contributed by atoms with E-state index in [9.17, 15) is 8.42 Å². The zero-order valence-corrected chi connectivity index (χ0v) is 21.4. The van der Waals surface area contributed by atoms with Crippen LogP contribution in [-0.2, 0) is 10.0 Å². The molecule has 1 heterocycles. The Morgan fingerprint density at radius 1 is 1.30 bits per heavy atom. The molecule has 1 unspecified atom stereocenters. The van der Waals surface area contributed by atoms with Crippen LogP contribution >= 0.6 is 24.0 Å². The Balaban J connectivity index is 0.00000450. The smallest absolute Gasteiger partial charge is 0.214 e. The van der Waals surface area contributed by atoms with E-state index in [0.717, 1.165) is 24.3 Å². The first-order valence-electron chi connectivity index (χ1n) is 10.1. The van der Waals surface area contributed by atoms with Crippen molar-refractivity contribution in [3.63, 3.8) is 0 Å². The SMILES string of the molecule is CCCS(=O)(=O)N1CCC(NC(=NC)NCC(C)Oc2cccc(OC)c2)CC1.I. The highest BCUT2D eigenvalue weighted by molar-refractivity contribution is 14.0. The van der Waals surface area contributed by atoms with Crippen LogP contribution in [-0.4, -0.2) is 70.4 Å². The third-order valence-corrected chi connectivity index (χ3v) is 6.89. The Morgan fingerprint density at radius 3 is 2.57 bits per heavy atom. The maximum Gasteiger partial charge on any atom is 0.214 e. The van der Waals surface area contributed by atoms with Gasteiger partial charge in [0.1, 0.15) is 17.6 Å². The molecule has 10 heteroatoms. The van der Waals surface area contributed by atoms with Crippen molar-refractivity contribution in [2.45, 2.75) is 45.3 Å². The number of sulfonamides is 1. The average molecular weight is 554 g/mol. The molecule has 2 N–H and O–H groups in total. The van der Waals surface area contributed by atoms with Crippen LogP contribution in [0.5, 0.6) is 11.5 Å². The van der Waals surface area contributed by atoms with E-state index in [0.29, 0.717) is 32.0 Å². The molecule has 30 heavy (non-hydrogen) atoms. The van der Waals surface area contributed by atoms with E-state index in [-0.39, 0.29) is 41.9 Å². The van der Waals surface area contributed by atoms with Crippen LogP contribution in [0.25, 0.3) is 0 Å². The van der Waals surface area contributed by atoms with Crippen molar-refractivity contribution in [1.29, 1.82) is 0 Å². The van der Waals surface area contributed by atoms with Gasteiger partial charge in [0.05, 0.1) is 19.4 Å². The summed E-state index contributed by atoms with van der Waals surface area (Å²) in [5.74, 6) is 2.43. The van der Waals surface area contributed by atoms with Crippen molar-refractivity contribution in [3.8, 4) is 11.5 Å². The number of rotatable bonds is 9. The monoisotopic (exact) mass is 554 g/mol. The lowest BCUT2D eigenvalue weighted by Crippen LogP contribution is -2.51. The Morgan fingerprint density at radius 2 is 1.97 bits per heavy atom. The average Bonchev–Trinajstić information content (AvgIpc) is 2.71. The molecular weight excluding hydrogens is 519 g/mol. The lowest BCUT2D eigenvalue weighted by Gasteiger charge is -2.32. The van der Waals surface area contributed by atoms with Crippen LogP contribution in [0.4, 0.5) is 0 Å². The fourth-order valence-electron chi connectivity index (χ4n) is 3.24. The molecule has 2 rings (SSSR count). The van der Waals surface area contributed by atoms with Gasteiger partial charge in [0.15, 0.2) is 5.96 Å². The molecule has 1 aromatic carbocycles. The lowest BCUT2D eigenvalue weighted by atomic mass is 10.1. The van der Waals surface area contributed by atoms with Crippen LogP contribution in [0.3, 0.4) is 0 Å². The van der Waals surface area contributed by atoms with E-state index in [2.05, 4.69) is 15.6 Å². The fourth-order valence-corrected chi connectivity index (χ4v) is 4.78. The molecule has 1 aromatic rings. The van der Waals surface area contributed by atoms with Crippen molar-refractivity contribution < 1.29 is 17.9 Å². The van der Waals surface area contributed by atoms with Gasteiger partial charge in [-0.05, 0) is 38.3 Å². The molecule has 1 fully saturated rings. The maximum atomic E-state index is 12.2. The second-order valence-corrected chi connectivity index (χ2v) is 9.28. The Bertz CT molecular complexity index is 768. The summed E-state index contributed by atoms with van der Waals surface area (Å²) in [5, 5.41) is 6.67. The summed E-state index contributed by atoms with van der Waals surface area (Å²) in [6.45, 7) is 5.55. The molecule has 172 valence electrons. The number of benzene rings is 1. The Hall–Kier alpha value is -1.27. The number of nitrogens with one attached hydrogen (secondary N) is 2. The molecule has 0 aromatic heterocycles. The number of guanidine groups is 1. The molecule has 1 aliphatic rings. The number of hydrogen-bond donors (Lipinski definition) is 2. The van der Waals surface area contributed by atoms with E-state index in [1.54, 1.807) is 18.5 Å². The Labute approximate surface area is 197 Å². The normalized spacial score (nSPS) is 17.0. The van der Waals surface area contributed by atoms with E-state index >= 15 is 0 Å². The van der Waals surface area contributed by atoms with Crippen LogP contribution in [0.1, 0.15) is 33.1 Å². The van der Waals surface area contributed by atoms with Crippen molar-refractivity contribution >= 4 is 40.0 Å². The molecule has 1 aliphatic heterocycles. The first-order chi connectivity index (χ1) is 13.9. The summed E-state index contributed by atoms with van der Waals surface area (Å²) in [7, 11) is 0.241. The van der Waals surface area contributed by atoms with Crippen molar-refractivity contribution in [3.05, 3.63) is 24.3 Å². The number of halogens is 1. The molecule has 0 spiro atoms. The van der Waals surface area contributed by atoms with E-state index in [1.807, 2.05) is 38.1 Å². The van der Waals surface area contributed by atoms with Crippen LogP contribution in [0.2, 0.25) is 0 Å². The zero-order valence-electron chi connectivity index (χ0n) is 18.3. The van der Waals surface area contributed by atoms with Gasteiger partial charge in [-0.25, -0.2) is 12.7 Å². The number of methoxy groups -OCH3 is 1. The van der Waals surface area contributed by atoms with E-state index in [1.165, 1.54) is 0 Å². The molecule has 1 atom stereocenters. The number of nitrogens with zero attached hydrogens (tertiary/aromatic N) is 2. The topological polar surface area (TPSA) is 92.3 Å². The van der Waals surface area contributed by atoms with Gasteiger partial charge in [-0.3, -0.25) is 4.99 Å². The molecule has 0 saturated carbocycles. The standard InChI is InChI=1S/C20H34N4O4S.HI/c1-5-13-29(25,26)24-11-9-17(10-12-24)23-20(21-3)22-15-16(2)28-19-8-6-7-18(14-19)27-4;/h6-8,14,16-17H,5,9-13,15H2,1-4H3,(H2,21,22,23);1H. The van der Waals surface area contributed by atoms with Gasteiger partial charge >= 0.3 is 0 Å². The second-order valence-electron chi connectivity index (χ2n) is 7.19. The number of hydrogen-bond acceptors (Lipinski definition) is 5. The highest BCUT2D eigenvalue weighted by atomic mass is 127. The van der Waals surface area contributed by atoms with Crippen LogP contribution in [0.15, 0.2) is 29.3 Å². The van der Waals surface area contributed by atoms with E-state index in [4.69, 9.17) is 9.47 Å². The molecular formula is C20H35IN4O4S. The molecule has 0 amide bonds. The first-order valence-corrected chi connectivity index (χ1v) is 11.7. The Kier molecular flexibility index (Phi) is 11.8. The third kappa shape index (κ3) is 8.46. The molecule has 1 saturated heterocycles. The predicted molar refractivity (Wildman–Crippen MR) is 132 cm³/mol. The minimum Gasteiger partial charge on any atom is -0.497 e. The molecule has 0 aliphatic carbocycles. The van der Waals surface area contributed by atoms with Crippen molar-refractivity contribution in [2.75, 3.05) is 39.5 Å². The summed E-state index contributed by atoms with van der Waals surface area (Å²) in [4.78, 5) is 4.27. The quantitative estimate of drug-likeness (QED) is 0.277. The summed E-state index contributed by atoms with van der Waals surface area (Å²) in [5.41, 5.74) is 0. The molecule has 8 nitrogen and oxygen atoms in total. The van der Waals surface area contributed by atoms with Gasteiger partial charge in [-0.2, -0.15) is 0 Å². The molecule has 0 bridgehead atoms. The molecule has 0 radical (unpaired) electrons. The summed E-state index contributed by atoms with van der Waals surface area (Å²) in [6.07, 6.45) is 2.10. The fraction of sp³-hybridized carbons (Fsp3) is 0.650. The number of ether oxygens (including phenoxy) is 2. The summed E-state index contributed by atoms with van der Waals surface area (Å²) < 4.78 is 37.1. The summed E-state index contributed by atoms with van der Waals surface area (Å²) in [6, 6.07) is 7.71.